The van der Waals surface area contributed by atoms with E-state index in [1.165, 1.54) is 36.5 Å². The van der Waals surface area contributed by atoms with E-state index in [1.54, 1.807) is 0 Å². The fourth-order valence-electron chi connectivity index (χ4n) is 1.46. The van der Waals surface area contributed by atoms with Crippen molar-refractivity contribution >= 4 is 17.7 Å². The van der Waals surface area contributed by atoms with Gasteiger partial charge in [-0.2, -0.15) is 0 Å². The monoisotopic (exact) mass is 260 g/mol. The summed E-state index contributed by atoms with van der Waals surface area (Å²) in [5.74, 6) is -2.43. The Bertz CT molecular complexity index is 643. The Morgan fingerprint density at radius 3 is 2.63 bits per heavy atom. The van der Waals surface area contributed by atoms with E-state index in [4.69, 9.17) is 5.11 Å². The number of nitrogens with one attached hydrogen (secondary N) is 1. The Morgan fingerprint density at radius 2 is 1.95 bits per heavy atom. The van der Waals surface area contributed by atoms with E-state index in [0.29, 0.717) is 0 Å². The molecule has 2 N–H and O–H groups in total. The number of carboxylic acid groups (broad SMARTS) is 1. The zero-order valence-corrected chi connectivity index (χ0v) is 9.63. The molecule has 1 aromatic heterocycles. The smallest absolute Gasteiger partial charge is 0.335 e. The second kappa shape index (κ2) is 5.26. The fraction of sp³-hybridized carbons (Fsp3) is 0. The van der Waals surface area contributed by atoms with Gasteiger partial charge in [-0.15, -0.1) is 0 Å². The van der Waals surface area contributed by atoms with Gasteiger partial charge in [-0.05, 0) is 24.3 Å². The van der Waals surface area contributed by atoms with Crippen molar-refractivity contribution in [1.82, 2.24) is 4.98 Å². The molecule has 0 aliphatic heterocycles. The molecule has 5 nitrogen and oxygen atoms in total. The van der Waals surface area contributed by atoms with Gasteiger partial charge in [0.2, 0.25) is 0 Å². The minimum atomic E-state index is -1.14. The highest BCUT2D eigenvalue weighted by molar-refractivity contribution is 6.04. The van der Waals surface area contributed by atoms with Crippen molar-refractivity contribution < 1.29 is 19.1 Å². The van der Waals surface area contributed by atoms with E-state index in [9.17, 15) is 14.0 Å². The molecule has 0 bridgehead atoms. The maximum atomic E-state index is 13.4. The molecule has 19 heavy (non-hydrogen) atoms. The lowest BCUT2D eigenvalue weighted by Gasteiger charge is -2.05. The van der Waals surface area contributed by atoms with Crippen LogP contribution in [-0.2, 0) is 0 Å². The Balaban J connectivity index is 2.22. The number of aromatic nitrogens is 1. The van der Waals surface area contributed by atoms with E-state index in [2.05, 4.69) is 10.3 Å². The summed E-state index contributed by atoms with van der Waals surface area (Å²) in [5.41, 5.74) is -0.149. The highest BCUT2D eigenvalue weighted by Gasteiger charge is 2.12. The molecule has 0 aliphatic rings. The van der Waals surface area contributed by atoms with Crippen LogP contribution in [0.25, 0.3) is 0 Å². The summed E-state index contributed by atoms with van der Waals surface area (Å²) < 4.78 is 13.4. The van der Waals surface area contributed by atoms with Crippen LogP contribution >= 0.6 is 0 Å². The number of anilines is 1. The molecule has 0 saturated heterocycles. The summed E-state index contributed by atoms with van der Waals surface area (Å²) in [7, 11) is 0. The van der Waals surface area contributed by atoms with E-state index in [-0.39, 0.29) is 16.9 Å². The Kier molecular flexibility index (Phi) is 3.51. The molecule has 96 valence electrons. The zero-order chi connectivity index (χ0) is 13.8. The van der Waals surface area contributed by atoms with Gasteiger partial charge in [0, 0.05) is 6.20 Å². The lowest BCUT2D eigenvalue weighted by Crippen LogP contribution is -2.15. The zero-order valence-electron chi connectivity index (χ0n) is 9.63. The van der Waals surface area contributed by atoms with Gasteiger partial charge >= 0.3 is 5.97 Å². The largest absolute Gasteiger partial charge is 0.478 e. The molecule has 0 spiro atoms. The van der Waals surface area contributed by atoms with Crippen LogP contribution < -0.4 is 5.32 Å². The standard InChI is InChI=1S/C13H9FN2O3/c14-10-4-2-1-3-9(10)12(17)16-11-7-8(13(18)19)5-6-15-11/h1-7H,(H,18,19)(H,15,16,17). The number of carbonyl (C=O) groups excluding carboxylic acids is 1. The van der Waals surface area contributed by atoms with Crippen LogP contribution in [0.3, 0.4) is 0 Å². The van der Waals surface area contributed by atoms with Crippen molar-refractivity contribution in [3.8, 4) is 0 Å². The second-order valence-corrected chi connectivity index (χ2v) is 3.67. The summed E-state index contributed by atoms with van der Waals surface area (Å²) in [4.78, 5) is 26.3. The van der Waals surface area contributed by atoms with Crippen molar-refractivity contribution in [2.45, 2.75) is 0 Å². The van der Waals surface area contributed by atoms with E-state index < -0.39 is 17.7 Å². The minimum absolute atomic E-state index is 0.0150. The van der Waals surface area contributed by atoms with Crippen molar-refractivity contribution in [1.29, 1.82) is 0 Å². The molecule has 0 saturated carbocycles. The van der Waals surface area contributed by atoms with Gasteiger partial charge in [0.05, 0.1) is 11.1 Å². The molecule has 1 amide bonds. The number of hydrogen-bond acceptors (Lipinski definition) is 3. The first-order chi connectivity index (χ1) is 9.08. The number of carboxylic acids is 1. The van der Waals surface area contributed by atoms with Crippen molar-refractivity contribution in [3.05, 3.63) is 59.5 Å². The van der Waals surface area contributed by atoms with Gasteiger partial charge in [-0.3, -0.25) is 4.79 Å². The molecule has 0 aliphatic carbocycles. The lowest BCUT2D eigenvalue weighted by atomic mass is 10.2. The van der Waals surface area contributed by atoms with Crippen molar-refractivity contribution in [3.63, 3.8) is 0 Å². The summed E-state index contributed by atoms with van der Waals surface area (Å²) >= 11 is 0. The summed E-state index contributed by atoms with van der Waals surface area (Å²) in [6.45, 7) is 0. The Hall–Kier alpha value is -2.76. The van der Waals surface area contributed by atoms with E-state index in [1.807, 2.05) is 0 Å². The number of amides is 1. The molecule has 0 fully saturated rings. The maximum Gasteiger partial charge on any atom is 0.335 e. The summed E-state index contributed by atoms with van der Waals surface area (Å²) in [5, 5.41) is 11.1. The first-order valence-corrected chi connectivity index (χ1v) is 5.33. The molecule has 2 aromatic rings. The highest BCUT2D eigenvalue weighted by atomic mass is 19.1. The second-order valence-electron chi connectivity index (χ2n) is 3.67. The highest BCUT2D eigenvalue weighted by Crippen LogP contribution is 2.11. The molecule has 2 rings (SSSR count). The number of nitrogens with zero attached hydrogens (tertiary/aromatic N) is 1. The number of rotatable bonds is 3. The SMILES string of the molecule is O=C(O)c1ccnc(NC(=O)c2ccccc2F)c1. The summed E-state index contributed by atoms with van der Waals surface area (Å²) in [6, 6.07) is 7.97. The number of halogens is 1. The average molecular weight is 260 g/mol. The number of pyridine rings is 1. The topological polar surface area (TPSA) is 79.3 Å². The molecule has 0 atom stereocenters. The van der Waals surface area contributed by atoms with Crippen LogP contribution in [0, 0.1) is 5.82 Å². The third-order valence-corrected chi connectivity index (χ3v) is 2.37. The number of benzene rings is 1. The van der Waals surface area contributed by atoms with Gasteiger partial charge in [0.1, 0.15) is 11.6 Å². The number of hydrogen-bond donors (Lipinski definition) is 2. The van der Waals surface area contributed by atoms with Gasteiger partial charge in [0.15, 0.2) is 0 Å². The van der Waals surface area contributed by atoms with Crippen LogP contribution in [0.15, 0.2) is 42.6 Å². The maximum absolute atomic E-state index is 13.4. The molecule has 6 heteroatoms. The van der Waals surface area contributed by atoms with Gasteiger partial charge in [0.25, 0.3) is 5.91 Å². The van der Waals surface area contributed by atoms with Gasteiger partial charge in [-0.25, -0.2) is 14.2 Å². The normalized spacial score (nSPS) is 9.95. The molecule has 1 aromatic carbocycles. The molecule has 1 heterocycles. The summed E-state index contributed by atoms with van der Waals surface area (Å²) in [6.07, 6.45) is 1.25. The minimum Gasteiger partial charge on any atom is -0.478 e. The van der Waals surface area contributed by atoms with Gasteiger partial charge in [-0.1, -0.05) is 12.1 Å². The fourth-order valence-corrected chi connectivity index (χ4v) is 1.46. The van der Waals surface area contributed by atoms with Crippen LogP contribution in [-0.4, -0.2) is 22.0 Å². The van der Waals surface area contributed by atoms with Crippen LogP contribution in [0.1, 0.15) is 20.7 Å². The van der Waals surface area contributed by atoms with E-state index >= 15 is 0 Å². The quantitative estimate of drug-likeness (QED) is 0.886. The van der Waals surface area contributed by atoms with Crippen LogP contribution in [0.4, 0.5) is 10.2 Å². The number of carbonyl (C=O) groups is 2. The van der Waals surface area contributed by atoms with Crippen LogP contribution in [0.5, 0.6) is 0 Å². The molecular formula is C13H9FN2O3. The van der Waals surface area contributed by atoms with Crippen LogP contribution in [0.2, 0.25) is 0 Å². The molecule has 0 radical (unpaired) electrons. The molecule has 0 unspecified atom stereocenters. The predicted octanol–water partition coefficient (Wildman–Crippen LogP) is 2.17. The third-order valence-electron chi connectivity index (χ3n) is 2.37. The Labute approximate surface area is 107 Å². The van der Waals surface area contributed by atoms with E-state index in [0.717, 1.165) is 6.07 Å². The van der Waals surface area contributed by atoms with Gasteiger partial charge < -0.3 is 10.4 Å². The molecular weight excluding hydrogens is 251 g/mol. The number of aromatic carboxylic acids is 1. The Morgan fingerprint density at radius 1 is 1.21 bits per heavy atom. The lowest BCUT2D eigenvalue weighted by molar-refractivity contribution is 0.0696. The van der Waals surface area contributed by atoms with Crippen molar-refractivity contribution in [2.24, 2.45) is 0 Å². The van der Waals surface area contributed by atoms with Crippen molar-refractivity contribution in [2.75, 3.05) is 5.32 Å². The predicted molar refractivity (Wildman–Crippen MR) is 65.5 cm³/mol. The third kappa shape index (κ3) is 2.92. The first kappa shape index (κ1) is 12.7. The first-order valence-electron chi connectivity index (χ1n) is 5.33. The average Bonchev–Trinajstić information content (AvgIpc) is 2.39.